The fourth-order valence-electron chi connectivity index (χ4n) is 7.01. The highest BCUT2D eigenvalue weighted by molar-refractivity contribution is 6.53. The fraction of sp³-hybridized carbons (Fsp3) is 0.0732. The molecule has 2 N–H and O–H groups in total. The van der Waals surface area contributed by atoms with Crippen molar-refractivity contribution in [1.82, 2.24) is 0 Å². The Labute approximate surface area is 257 Å². The van der Waals surface area contributed by atoms with Crippen molar-refractivity contribution >= 4 is 45.3 Å². The van der Waals surface area contributed by atoms with Gasteiger partial charge in [0.1, 0.15) is 0 Å². The van der Waals surface area contributed by atoms with Gasteiger partial charge in [0.15, 0.2) is 0 Å². The molecule has 6 aromatic rings. The molecule has 0 fully saturated rings. The van der Waals surface area contributed by atoms with E-state index in [0.717, 1.165) is 50.1 Å². The lowest BCUT2D eigenvalue weighted by atomic mass is 9.82. The monoisotopic (exact) mass is 565 g/mol. The minimum Gasteiger partial charge on any atom is -0.310 e. The molecule has 0 saturated heterocycles. The number of hydrogen-bond donors (Lipinski definition) is 2. The molecule has 6 aromatic carbocycles. The van der Waals surface area contributed by atoms with Crippen LogP contribution < -0.4 is 4.90 Å². The first-order valence-electron chi connectivity index (χ1n) is 15.0. The molecule has 3 heteroatoms. The van der Waals surface area contributed by atoms with Crippen LogP contribution in [-0.2, 0) is 5.41 Å². The van der Waals surface area contributed by atoms with E-state index < -0.39 is 0 Å². The van der Waals surface area contributed by atoms with Crippen molar-refractivity contribution in [3.63, 3.8) is 0 Å². The smallest absolute Gasteiger partial charge is 0.0873 e. The lowest BCUT2D eigenvalue weighted by Gasteiger charge is -2.27. The molecule has 0 aromatic heterocycles. The summed E-state index contributed by atoms with van der Waals surface area (Å²) < 4.78 is 0. The average molecular weight is 566 g/mol. The predicted octanol–water partition coefficient (Wildman–Crippen LogP) is 10.7. The van der Waals surface area contributed by atoms with Gasteiger partial charge >= 0.3 is 0 Å². The number of nitrogens with zero attached hydrogens (tertiary/aromatic N) is 1. The highest BCUT2D eigenvalue weighted by Gasteiger charge is 2.35. The van der Waals surface area contributed by atoms with Gasteiger partial charge in [0, 0.05) is 28.0 Å². The van der Waals surface area contributed by atoms with Crippen molar-refractivity contribution in [3.8, 4) is 22.3 Å². The Morgan fingerprint density at radius 2 is 1.23 bits per heavy atom. The Hall–Kier alpha value is -5.54. The van der Waals surface area contributed by atoms with E-state index in [1.165, 1.54) is 22.3 Å². The minimum absolute atomic E-state index is 0.0262. The van der Waals surface area contributed by atoms with Gasteiger partial charge in [-0.15, -0.1) is 0 Å². The zero-order chi connectivity index (χ0) is 30.0. The summed E-state index contributed by atoms with van der Waals surface area (Å²) in [7, 11) is 0. The lowest BCUT2D eigenvalue weighted by molar-refractivity contribution is 0.660. The maximum absolute atomic E-state index is 8.50. The molecular formula is C41H31N3. The van der Waals surface area contributed by atoms with Crippen LogP contribution in [0.4, 0.5) is 17.1 Å². The molecule has 0 aliphatic heterocycles. The first-order valence-corrected chi connectivity index (χ1v) is 15.0. The Balaban J connectivity index is 1.19. The number of allylic oxidation sites excluding steroid dienone is 1. The zero-order valence-electron chi connectivity index (χ0n) is 24.7. The maximum atomic E-state index is 8.50. The normalized spacial score (nSPS) is 14.3. The molecule has 3 nitrogen and oxygen atoms in total. The van der Waals surface area contributed by atoms with Crippen LogP contribution in [0.2, 0.25) is 0 Å². The maximum Gasteiger partial charge on any atom is 0.0873 e. The van der Waals surface area contributed by atoms with Gasteiger partial charge in [0.05, 0.1) is 11.4 Å². The van der Waals surface area contributed by atoms with Gasteiger partial charge < -0.3 is 4.90 Å². The summed E-state index contributed by atoms with van der Waals surface area (Å²) >= 11 is 0. The molecule has 0 heterocycles. The second kappa shape index (κ2) is 9.75. The highest BCUT2D eigenvalue weighted by atomic mass is 15.1. The zero-order valence-corrected chi connectivity index (χ0v) is 24.7. The molecule has 2 aliphatic rings. The number of nitrogens with one attached hydrogen (secondary N) is 2. The summed E-state index contributed by atoms with van der Waals surface area (Å²) in [5.74, 6) is 0. The van der Waals surface area contributed by atoms with Gasteiger partial charge in [0.2, 0.25) is 0 Å². The van der Waals surface area contributed by atoms with Gasteiger partial charge in [-0.2, -0.15) is 0 Å². The van der Waals surface area contributed by atoms with E-state index in [2.05, 4.69) is 146 Å². The Morgan fingerprint density at radius 3 is 2.05 bits per heavy atom. The molecule has 8 rings (SSSR count). The van der Waals surface area contributed by atoms with Crippen LogP contribution in [-0.4, -0.2) is 11.4 Å². The van der Waals surface area contributed by atoms with Gasteiger partial charge in [-0.05, 0) is 98.3 Å². The largest absolute Gasteiger partial charge is 0.310 e. The van der Waals surface area contributed by atoms with Crippen molar-refractivity contribution < 1.29 is 0 Å². The first-order chi connectivity index (χ1) is 21.4. The summed E-state index contributed by atoms with van der Waals surface area (Å²) in [5, 5.41) is 18.7. The molecular weight excluding hydrogens is 534 g/mol. The van der Waals surface area contributed by atoms with E-state index in [4.69, 9.17) is 10.8 Å². The van der Waals surface area contributed by atoms with Crippen molar-refractivity contribution in [3.05, 3.63) is 156 Å². The minimum atomic E-state index is -0.0262. The van der Waals surface area contributed by atoms with E-state index in [1.807, 2.05) is 6.08 Å². The van der Waals surface area contributed by atoms with E-state index in [1.54, 1.807) is 6.08 Å². The molecule has 2 aliphatic carbocycles. The molecule has 0 spiro atoms. The first kappa shape index (κ1) is 26.1. The fourth-order valence-corrected chi connectivity index (χ4v) is 7.01. The molecule has 0 amide bonds. The highest BCUT2D eigenvalue weighted by Crippen LogP contribution is 2.50. The molecule has 0 atom stereocenters. The second-order valence-corrected chi connectivity index (χ2v) is 12.2. The van der Waals surface area contributed by atoms with Gasteiger partial charge in [-0.1, -0.05) is 105 Å². The summed E-state index contributed by atoms with van der Waals surface area (Å²) in [6.07, 6.45) is 3.63. The van der Waals surface area contributed by atoms with Crippen LogP contribution in [0, 0.1) is 10.8 Å². The topological polar surface area (TPSA) is 50.9 Å². The number of para-hydroxylation sites is 1. The lowest BCUT2D eigenvalue weighted by Crippen LogP contribution is -2.16. The van der Waals surface area contributed by atoms with E-state index in [0.29, 0.717) is 0 Å². The second-order valence-electron chi connectivity index (χ2n) is 12.2. The summed E-state index contributed by atoms with van der Waals surface area (Å²) in [5.41, 5.74) is 13.3. The van der Waals surface area contributed by atoms with Crippen molar-refractivity contribution in [2.45, 2.75) is 19.3 Å². The number of hydrogen-bond acceptors (Lipinski definition) is 3. The van der Waals surface area contributed by atoms with Crippen molar-refractivity contribution in [1.29, 1.82) is 10.8 Å². The quantitative estimate of drug-likeness (QED) is 0.219. The van der Waals surface area contributed by atoms with E-state index >= 15 is 0 Å². The van der Waals surface area contributed by atoms with Crippen LogP contribution in [0.25, 0.3) is 39.1 Å². The predicted molar refractivity (Wildman–Crippen MR) is 185 cm³/mol. The third-order valence-corrected chi connectivity index (χ3v) is 9.30. The standard InChI is InChI=1S/C41H31N3/c1-41(2)36-11-7-6-10-34(36)35-25-32(20-22-37(35)41)44(30-8-4-3-5-9-30)31-18-14-26(15-19-31)28-16-21-33-29(24-28)13-12-27-17-23-38(42)40(43)39(27)33/h3-25,42-43H,1-2H3. The number of rotatable bonds is 4. The molecule has 210 valence electrons. The van der Waals surface area contributed by atoms with Crippen molar-refractivity contribution in [2.24, 2.45) is 0 Å². The molecule has 0 unspecified atom stereocenters. The number of anilines is 3. The molecule has 0 saturated carbocycles. The Kier molecular flexibility index (Phi) is 5.79. The van der Waals surface area contributed by atoms with Crippen LogP contribution in [0.3, 0.4) is 0 Å². The summed E-state index contributed by atoms with van der Waals surface area (Å²) in [4.78, 5) is 2.33. The van der Waals surface area contributed by atoms with Crippen molar-refractivity contribution in [2.75, 3.05) is 4.90 Å². The van der Waals surface area contributed by atoms with Crippen LogP contribution in [0.5, 0.6) is 0 Å². The SMILES string of the molecule is CC1(C)c2ccccc2-c2cc(N(c3ccccc3)c3ccc(-c4ccc5c6c(ccc5c4)C=CC(=N)C6=N)cc3)ccc21. The Bertz CT molecular complexity index is 2170. The van der Waals surface area contributed by atoms with Crippen LogP contribution in [0.1, 0.15) is 36.1 Å². The molecule has 44 heavy (non-hydrogen) atoms. The Morgan fingerprint density at radius 1 is 0.545 bits per heavy atom. The summed E-state index contributed by atoms with van der Waals surface area (Å²) in [6.45, 7) is 4.64. The summed E-state index contributed by atoms with van der Waals surface area (Å²) in [6, 6.07) is 45.6. The third kappa shape index (κ3) is 3.97. The van der Waals surface area contributed by atoms with Gasteiger partial charge in [-0.3, -0.25) is 10.8 Å². The molecule has 0 bridgehead atoms. The van der Waals surface area contributed by atoms with Crippen LogP contribution >= 0.6 is 0 Å². The average Bonchev–Trinajstić information content (AvgIpc) is 3.29. The number of benzene rings is 6. The number of fused-ring (bicyclic) bond motifs is 6. The van der Waals surface area contributed by atoms with E-state index in [-0.39, 0.29) is 16.8 Å². The third-order valence-electron chi connectivity index (χ3n) is 9.30. The van der Waals surface area contributed by atoms with Gasteiger partial charge in [0.25, 0.3) is 0 Å². The van der Waals surface area contributed by atoms with Gasteiger partial charge in [-0.25, -0.2) is 0 Å². The van der Waals surface area contributed by atoms with E-state index in [9.17, 15) is 0 Å². The van der Waals surface area contributed by atoms with Crippen LogP contribution in [0.15, 0.2) is 133 Å². The molecule has 0 radical (unpaired) electrons.